The van der Waals surface area contributed by atoms with Gasteiger partial charge in [0.2, 0.25) is 5.91 Å². The van der Waals surface area contributed by atoms with Gasteiger partial charge in [-0.25, -0.2) is 9.37 Å². The molecule has 3 aromatic rings. The van der Waals surface area contributed by atoms with E-state index >= 15 is 0 Å². The number of imidazole rings is 1. The van der Waals surface area contributed by atoms with E-state index in [1.165, 1.54) is 23.4 Å². The van der Waals surface area contributed by atoms with Crippen LogP contribution in [0.15, 0.2) is 48.1 Å². The lowest BCUT2D eigenvalue weighted by atomic mass is 9.94. The molecule has 0 fully saturated rings. The molecule has 1 aliphatic heterocycles. The maximum atomic E-state index is 13.6. The highest BCUT2D eigenvalue weighted by molar-refractivity contribution is 7.09. The third-order valence-electron chi connectivity index (χ3n) is 6.11. The molecule has 0 radical (unpaired) electrons. The van der Waals surface area contributed by atoms with Gasteiger partial charge in [0.25, 0.3) is 11.8 Å². The van der Waals surface area contributed by atoms with Gasteiger partial charge in [0, 0.05) is 24.5 Å². The number of rotatable bonds is 9. The summed E-state index contributed by atoms with van der Waals surface area (Å²) in [6, 6.07) is 9.84. The number of hydrogen-bond donors (Lipinski definition) is 2. The average Bonchev–Trinajstić information content (AvgIpc) is 3.51. The molecule has 0 spiro atoms. The van der Waals surface area contributed by atoms with E-state index in [4.69, 9.17) is 0 Å². The predicted octanol–water partition coefficient (Wildman–Crippen LogP) is 3.00. The van der Waals surface area contributed by atoms with E-state index in [1.807, 2.05) is 24.4 Å². The first-order chi connectivity index (χ1) is 16.8. The molecule has 0 saturated carbocycles. The smallest absolute Gasteiger partial charge is 0.273 e. The van der Waals surface area contributed by atoms with Crippen molar-refractivity contribution < 1.29 is 18.8 Å². The van der Waals surface area contributed by atoms with Crippen molar-refractivity contribution in [3.05, 3.63) is 75.8 Å². The summed E-state index contributed by atoms with van der Waals surface area (Å²) in [6.07, 6.45) is 2.78. The van der Waals surface area contributed by atoms with E-state index in [-0.39, 0.29) is 36.2 Å². The summed E-state index contributed by atoms with van der Waals surface area (Å²) in [5.74, 6) is -1.49. The van der Waals surface area contributed by atoms with Gasteiger partial charge in [-0.1, -0.05) is 25.1 Å². The monoisotopic (exact) mass is 497 g/mol. The Labute approximate surface area is 207 Å². The number of hydrogen-bond acceptors (Lipinski definition) is 5. The lowest BCUT2D eigenvalue weighted by molar-refractivity contribution is -0.133. The first kappa shape index (κ1) is 24.6. The Morgan fingerprint density at radius 1 is 1.20 bits per heavy atom. The maximum absolute atomic E-state index is 13.6. The fourth-order valence-corrected chi connectivity index (χ4v) is 4.95. The number of aromatic nitrogens is 2. The predicted molar refractivity (Wildman–Crippen MR) is 131 cm³/mol. The van der Waals surface area contributed by atoms with E-state index in [2.05, 4.69) is 15.6 Å². The van der Waals surface area contributed by atoms with Crippen LogP contribution in [0.4, 0.5) is 4.39 Å². The van der Waals surface area contributed by atoms with E-state index in [0.717, 1.165) is 10.4 Å². The largest absolute Gasteiger partial charge is 0.350 e. The van der Waals surface area contributed by atoms with Crippen LogP contribution in [0, 0.1) is 5.82 Å². The molecule has 0 saturated heterocycles. The molecule has 0 aliphatic carbocycles. The van der Waals surface area contributed by atoms with Crippen molar-refractivity contribution in [1.82, 2.24) is 25.1 Å². The number of carbonyl (C=O) groups is 3. The van der Waals surface area contributed by atoms with E-state index in [0.29, 0.717) is 25.9 Å². The summed E-state index contributed by atoms with van der Waals surface area (Å²) in [4.78, 5) is 46.6. The molecule has 1 aromatic carbocycles. The van der Waals surface area contributed by atoms with Gasteiger partial charge >= 0.3 is 0 Å². The Morgan fingerprint density at radius 2 is 1.97 bits per heavy atom. The molecular weight excluding hydrogens is 469 g/mol. The highest BCUT2D eigenvalue weighted by Crippen LogP contribution is 2.29. The zero-order chi connectivity index (χ0) is 25.0. The lowest BCUT2D eigenvalue weighted by Crippen LogP contribution is -2.64. The Kier molecular flexibility index (Phi) is 7.30. The van der Waals surface area contributed by atoms with Gasteiger partial charge in [0.05, 0.1) is 12.9 Å². The molecule has 8 nitrogen and oxygen atoms in total. The summed E-state index contributed by atoms with van der Waals surface area (Å²) in [5.41, 5.74) is -0.169. The van der Waals surface area contributed by atoms with Crippen LogP contribution in [0.2, 0.25) is 0 Å². The maximum Gasteiger partial charge on any atom is 0.273 e. The number of carbonyl (C=O) groups excluding carboxylic acids is 3. The van der Waals surface area contributed by atoms with Crippen molar-refractivity contribution in [1.29, 1.82) is 0 Å². The highest BCUT2D eigenvalue weighted by atomic mass is 32.1. The van der Waals surface area contributed by atoms with Crippen LogP contribution in [0.3, 0.4) is 0 Å². The van der Waals surface area contributed by atoms with Gasteiger partial charge < -0.3 is 20.1 Å². The highest BCUT2D eigenvalue weighted by Gasteiger charge is 2.48. The van der Waals surface area contributed by atoms with Crippen LogP contribution in [-0.2, 0) is 24.3 Å². The van der Waals surface area contributed by atoms with Gasteiger partial charge in [0.1, 0.15) is 17.1 Å². The van der Waals surface area contributed by atoms with E-state index in [9.17, 15) is 18.8 Å². The third kappa shape index (κ3) is 5.12. The minimum atomic E-state index is -1.17. The Morgan fingerprint density at radius 3 is 2.66 bits per heavy atom. The number of nitrogens with zero attached hydrogens (tertiary/aromatic N) is 3. The quantitative estimate of drug-likeness (QED) is 0.475. The van der Waals surface area contributed by atoms with Crippen LogP contribution in [-0.4, -0.2) is 50.8 Å². The number of benzene rings is 1. The first-order valence-corrected chi connectivity index (χ1v) is 12.4. The summed E-state index contributed by atoms with van der Waals surface area (Å²) in [7, 11) is 0. The van der Waals surface area contributed by atoms with E-state index < -0.39 is 17.4 Å². The molecule has 0 unspecified atom stereocenters. The van der Waals surface area contributed by atoms with Crippen molar-refractivity contribution in [2.75, 3.05) is 13.1 Å². The summed E-state index contributed by atoms with van der Waals surface area (Å²) < 4.78 is 14.8. The molecule has 1 atom stereocenters. The number of nitrogens with one attached hydrogen (secondary N) is 2. The SMILES string of the molecule is CCCN1C(=O)c2c(C(=O)NCCc3cccs3)ncn2C[C@@]1(C)C(=O)NCc1ccc(F)cc1. The average molecular weight is 498 g/mol. The van der Waals surface area contributed by atoms with Crippen molar-refractivity contribution in [3.8, 4) is 0 Å². The number of halogens is 1. The minimum Gasteiger partial charge on any atom is -0.350 e. The molecule has 3 amide bonds. The van der Waals surface area contributed by atoms with Crippen LogP contribution >= 0.6 is 11.3 Å². The molecule has 1 aliphatic rings. The second-order valence-electron chi connectivity index (χ2n) is 8.69. The topological polar surface area (TPSA) is 96.3 Å². The zero-order valence-corrected chi connectivity index (χ0v) is 20.5. The summed E-state index contributed by atoms with van der Waals surface area (Å²) in [5, 5.41) is 7.70. The number of thiophene rings is 1. The minimum absolute atomic E-state index is 0.0658. The Hall–Kier alpha value is -3.53. The molecule has 10 heteroatoms. The summed E-state index contributed by atoms with van der Waals surface area (Å²) in [6.45, 7) is 4.79. The number of amides is 3. The molecule has 2 aromatic heterocycles. The lowest BCUT2D eigenvalue weighted by Gasteiger charge is -2.43. The van der Waals surface area contributed by atoms with Crippen molar-refractivity contribution in [3.63, 3.8) is 0 Å². The molecular formula is C25H28FN5O3S. The van der Waals surface area contributed by atoms with Crippen LogP contribution < -0.4 is 10.6 Å². The standard InChI is InChI=1S/C25H28FN5O3S/c1-3-12-31-23(33)21-20(22(32)27-11-10-19-5-4-13-35-19)29-16-30(21)15-25(31,2)24(34)28-14-17-6-8-18(26)9-7-17/h4-9,13,16H,3,10-12,14-15H2,1-2H3,(H,27,32)(H,28,34)/t25-/m0/s1. The van der Waals surface area contributed by atoms with Gasteiger partial charge in [0.15, 0.2) is 5.69 Å². The van der Waals surface area contributed by atoms with Crippen molar-refractivity contribution >= 4 is 29.1 Å². The van der Waals surface area contributed by atoms with Gasteiger partial charge in [-0.15, -0.1) is 11.3 Å². The van der Waals surface area contributed by atoms with Crippen LogP contribution in [0.25, 0.3) is 0 Å². The van der Waals surface area contributed by atoms with Gasteiger partial charge in [-0.05, 0) is 48.9 Å². The van der Waals surface area contributed by atoms with Crippen LogP contribution in [0.5, 0.6) is 0 Å². The second kappa shape index (κ2) is 10.4. The first-order valence-electron chi connectivity index (χ1n) is 11.5. The molecule has 35 heavy (non-hydrogen) atoms. The molecule has 184 valence electrons. The second-order valence-corrected chi connectivity index (χ2v) is 9.73. The fourth-order valence-electron chi connectivity index (χ4n) is 4.24. The molecule has 2 N–H and O–H groups in total. The van der Waals surface area contributed by atoms with Crippen LogP contribution in [0.1, 0.15) is 51.7 Å². The Bertz CT molecular complexity index is 1210. The molecule has 3 heterocycles. The van der Waals surface area contributed by atoms with Crippen molar-refractivity contribution in [2.24, 2.45) is 0 Å². The molecule has 4 rings (SSSR count). The van der Waals surface area contributed by atoms with Gasteiger partial charge in [-0.2, -0.15) is 0 Å². The fraction of sp³-hybridized carbons (Fsp3) is 0.360. The summed E-state index contributed by atoms with van der Waals surface area (Å²) >= 11 is 1.62. The van der Waals surface area contributed by atoms with E-state index in [1.54, 1.807) is 35.0 Å². The number of fused-ring (bicyclic) bond motifs is 1. The Balaban J connectivity index is 1.50. The third-order valence-corrected chi connectivity index (χ3v) is 7.05. The molecule has 0 bridgehead atoms. The van der Waals surface area contributed by atoms with Gasteiger partial charge in [-0.3, -0.25) is 14.4 Å². The van der Waals surface area contributed by atoms with Crippen molar-refractivity contribution in [2.45, 2.75) is 45.3 Å². The normalized spacial score (nSPS) is 17.2. The zero-order valence-electron chi connectivity index (χ0n) is 19.7.